The predicted molar refractivity (Wildman–Crippen MR) is 81.9 cm³/mol. The first-order valence-electron chi connectivity index (χ1n) is 6.63. The summed E-state index contributed by atoms with van der Waals surface area (Å²) in [6.07, 6.45) is 2.48. The molecule has 0 bridgehead atoms. The Morgan fingerprint density at radius 1 is 1.65 bits per heavy atom. The molecule has 2 heterocycles. The Hall–Kier alpha value is -1.40. The third-order valence-corrected chi connectivity index (χ3v) is 5.30. The quantitative estimate of drug-likeness (QED) is 0.889. The first-order valence-corrected chi connectivity index (χ1v) is 8.39. The Morgan fingerprint density at radius 2 is 2.50 bits per heavy atom. The van der Waals surface area contributed by atoms with Gasteiger partial charge in [0.2, 0.25) is 0 Å². The maximum Gasteiger partial charge on any atom is 0.312 e. The molecule has 6 heteroatoms. The van der Waals surface area contributed by atoms with Gasteiger partial charge in [-0.1, -0.05) is 0 Å². The number of aryl methyl sites for hydroxylation is 1. The fraction of sp³-hybridized carbons (Fsp3) is 0.429. The van der Waals surface area contributed by atoms with Crippen molar-refractivity contribution in [3.05, 3.63) is 33.0 Å². The van der Waals surface area contributed by atoms with E-state index < -0.39 is 11.9 Å². The molecule has 2 unspecified atom stereocenters. The fourth-order valence-corrected chi connectivity index (χ4v) is 4.38. The second-order valence-electron chi connectivity index (χ2n) is 5.14. The molecule has 106 valence electrons. The monoisotopic (exact) mass is 308 g/mol. The molecule has 0 spiro atoms. The van der Waals surface area contributed by atoms with Gasteiger partial charge in [-0.2, -0.15) is 11.3 Å². The molecule has 2 aromatic heterocycles. The SMILES string of the molecule is CC(Cc1ccsc1)Nc1nc2c(s1)CCC2C(=O)O. The lowest BCUT2D eigenvalue weighted by molar-refractivity contribution is -0.138. The van der Waals surface area contributed by atoms with Crippen molar-refractivity contribution in [2.75, 3.05) is 5.32 Å². The second-order valence-corrected chi connectivity index (χ2v) is 7.00. The summed E-state index contributed by atoms with van der Waals surface area (Å²) in [4.78, 5) is 16.8. The largest absolute Gasteiger partial charge is 0.481 e. The van der Waals surface area contributed by atoms with Crippen LogP contribution >= 0.6 is 22.7 Å². The number of fused-ring (bicyclic) bond motifs is 1. The molecule has 1 aliphatic rings. The number of anilines is 1. The van der Waals surface area contributed by atoms with Gasteiger partial charge >= 0.3 is 5.97 Å². The standard InChI is InChI=1S/C14H16N2O2S2/c1-8(6-9-4-5-19-7-9)15-14-16-12-10(13(17)18)2-3-11(12)20-14/h4-5,7-8,10H,2-3,6H2,1H3,(H,15,16)(H,17,18). The molecule has 20 heavy (non-hydrogen) atoms. The van der Waals surface area contributed by atoms with Gasteiger partial charge < -0.3 is 10.4 Å². The summed E-state index contributed by atoms with van der Waals surface area (Å²) in [6, 6.07) is 2.42. The number of nitrogens with zero attached hydrogens (tertiary/aromatic N) is 1. The summed E-state index contributed by atoms with van der Waals surface area (Å²) in [5, 5.41) is 17.6. The van der Waals surface area contributed by atoms with Crippen LogP contribution in [0, 0.1) is 0 Å². The van der Waals surface area contributed by atoms with Crippen LogP contribution in [0.3, 0.4) is 0 Å². The van der Waals surface area contributed by atoms with Crippen LogP contribution in [0.4, 0.5) is 5.13 Å². The number of thiazole rings is 1. The van der Waals surface area contributed by atoms with E-state index in [-0.39, 0.29) is 0 Å². The zero-order valence-electron chi connectivity index (χ0n) is 11.1. The Morgan fingerprint density at radius 3 is 3.20 bits per heavy atom. The molecule has 0 saturated carbocycles. The molecule has 0 saturated heterocycles. The molecule has 2 N–H and O–H groups in total. The first-order chi connectivity index (χ1) is 9.63. The number of hydrogen-bond acceptors (Lipinski definition) is 5. The Labute approximate surface area is 125 Å². The molecule has 3 rings (SSSR count). The van der Waals surface area contributed by atoms with Crippen LogP contribution in [-0.2, 0) is 17.6 Å². The van der Waals surface area contributed by atoms with Gasteiger partial charge in [0.1, 0.15) is 5.92 Å². The van der Waals surface area contributed by atoms with E-state index in [4.69, 9.17) is 5.11 Å². The number of nitrogens with one attached hydrogen (secondary N) is 1. The van der Waals surface area contributed by atoms with Gasteiger partial charge in [-0.3, -0.25) is 4.79 Å². The van der Waals surface area contributed by atoms with Gasteiger partial charge in [-0.25, -0.2) is 4.98 Å². The highest BCUT2D eigenvalue weighted by Crippen LogP contribution is 2.38. The molecular formula is C14H16N2O2S2. The highest BCUT2D eigenvalue weighted by Gasteiger charge is 2.32. The van der Waals surface area contributed by atoms with Crippen molar-refractivity contribution in [2.24, 2.45) is 0 Å². The van der Waals surface area contributed by atoms with E-state index in [1.54, 1.807) is 22.7 Å². The van der Waals surface area contributed by atoms with Crippen LogP contribution in [0.5, 0.6) is 0 Å². The van der Waals surface area contributed by atoms with Crippen LogP contribution in [-0.4, -0.2) is 22.1 Å². The van der Waals surface area contributed by atoms with Gasteiger partial charge in [0.05, 0.1) is 5.69 Å². The highest BCUT2D eigenvalue weighted by atomic mass is 32.1. The number of hydrogen-bond donors (Lipinski definition) is 2. The summed E-state index contributed by atoms with van der Waals surface area (Å²) in [5.74, 6) is -1.17. The third-order valence-electron chi connectivity index (χ3n) is 3.51. The summed E-state index contributed by atoms with van der Waals surface area (Å²) in [6.45, 7) is 2.12. The number of carbonyl (C=O) groups is 1. The molecule has 2 atom stereocenters. The van der Waals surface area contributed by atoms with E-state index in [9.17, 15) is 4.79 Å². The Kier molecular flexibility index (Phi) is 3.76. The average molecular weight is 308 g/mol. The number of rotatable bonds is 5. The van der Waals surface area contributed by atoms with Crippen molar-refractivity contribution in [3.8, 4) is 0 Å². The molecule has 0 fully saturated rings. The van der Waals surface area contributed by atoms with Crippen molar-refractivity contribution >= 4 is 33.8 Å². The van der Waals surface area contributed by atoms with Crippen molar-refractivity contribution in [1.29, 1.82) is 0 Å². The Bertz CT molecular complexity index is 607. The van der Waals surface area contributed by atoms with E-state index >= 15 is 0 Å². The zero-order chi connectivity index (χ0) is 14.1. The number of thiophene rings is 1. The zero-order valence-corrected chi connectivity index (χ0v) is 12.8. The minimum absolute atomic E-state index is 0.291. The number of aromatic nitrogens is 1. The summed E-state index contributed by atoms with van der Waals surface area (Å²) >= 11 is 3.31. The highest BCUT2D eigenvalue weighted by molar-refractivity contribution is 7.15. The predicted octanol–water partition coefficient (Wildman–Crippen LogP) is 3.36. The fourth-order valence-electron chi connectivity index (χ4n) is 2.55. The third kappa shape index (κ3) is 2.71. The molecule has 0 amide bonds. The Balaban J connectivity index is 1.67. The number of carboxylic acid groups (broad SMARTS) is 1. The van der Waals surface area contributed by atoms with Gasteiger partial charge in [0.25, 0.3) is 0 Å². The number of aliphatic carboxylic acids is 1. The van der Waals surface area contributed by atoms with E-state index in [0.29, 0.717) is 12.5 Å². The van der Waals surface area contributed by atoms with E-state index in [2.05, 4.69) is 34.1 Å². The van der Waals surface area contributed by atoms with Gasteiger partial charge in [0.15, 0.2) is 5.13 Å². The normalized spacial score (nSPS) is 18.8. The molecule has 1 aliphatic carbocycles. The molecule has 0 aliphatic heterocycles. The average Bonchev–Trinajstić information content (AvgIpc) is 3.04. The van der Waals surface area contributed by atoms with E-state index in [1.807, 2.05) is 0 Å². The van der Waals surface area contributed by atoms with Crippen LogP contribution in [0.15, 0.2) is 16.8 Å². The van der Waals surface area contributed by atoms with Gasteiger partial charge in [0, 0.05) is 10.9 Å². The summed E-state index contributed by atoms with van der Waals surface area (Å²) in [5.41, 5.74) is 2.09. The maximum atomic E-state index is 11.2. The van der Waals surface area contributed by atoms with Gasteiger partial charge in [-0.05, 0) is 48.6 Å². The molecule has 4 nitrogen and oxygen atoms in total. The lowest BCUT2D eigenvalue weighted by Crippen LogP contribution is -2.18. The van der Waals surface area contributed by atoms with Crippen molar-refractivity contribution in [1.82, 2.24) is 4.98 Å². The van der Waals surface area contributed by atoms with Crippen LogP contribution in [0.2, 0.25) is 0 Å². The number of carboxylic acids is 1. The topological polar surface area (TPSA) is 62.2 Å². The van der Waals surface area contributed by atoms with Crippen LogP contribution in [0.1, 0.15) is 35.4 Å². The lowest BCUT2D eigenvalue weighted by Gasteiger charge is -2.12. The lowest BCUT2D eigenvalue weighted by atomic mass is 10.1. The molecule has 0 aromatic carbocycles. The van der Waals surface area contributed by atoms with Crippen LogP contribution < -0.4 is 5.32 Å². The second kappa shape index (κ2) is 5.54. The molecular weight excluding hydrogens is 292 g/mol. The smallest absolute Gasteiger partial charge is 0.312 e. The minimum atomic E-state index is -0.757. The van der Waals surface area contributed by atoms with E-state index in [1.165, 1.54) is 5.56 Å². The van der Waals surface area contributed by atoms with Crippen molar-refractivity contribution < 1.29 is 9.90 Å². The van der Waals surface area contributed by atoms with E-state index in [0.717, 1.165) is 28.5 Å². The van der Waals surface area contributed by atoms with Gasteiger partial charge in [-0.15, -0.1) is 11.3 Å². The summed E-state index contributed by atoms with van der Waals surface area (Å²) < 4.78 is 0. The summed E-state index contributed by atoms with van der Waals surface area (Å²) in [7, 11) is 0. The molecule has 2 aromatic rings. The molecule has 0 radical (unpaired) electrons. The first kappa shape index (κ1) is 13.6. The minimum Gasteiger partial charge on any atom is -0.481 e. The maximum absolute atomic E-state index is 11.2. The van der Waals surface area contributed by atoms with Crippen molar-refractivity contribution in [3.63, 3.8) is 0 Å². The van der Waals surface area contributed by atoms with Crippen LogP contribution in [0.25, 0.3) is 0 Å². The van der Waals surface area contributed by atoms with Crippen molar-refractivity contribution in [2.45, 2.75) is 38.1 Å².